The maximum atomic E-state index is 11.7. The van der Waals surface area contributed by atoms with E-state index in [4.69, 9.17) is 4.74 Å². The van der Waals surface area contributed by atoms with Crippen LogP contribution in [0.2, 0.25) is 0 Å². The van der Waals surface area contributed by atoms with Gasteiger partial charge in [-0.2, -0.15) is 0 Å². The summed E-state index contributed by atoms with van der Waals surface area (Å²) < 4.78 is 5.10. The van der Waals surface area contributed by atoms with Crippen LogP contribution in [0, 0.1) is 5.41 Å². The van der Waals surface area contributed by atoms with E-state index in [1.807, 2.05) is 0 Å². The second-order valence-electron chi connectivity index (χ2n) is 4.87. The van der Waals surface area contributed by atoms with Crippen molar-refractivity contribution >= 4 is 17.9 Å². The van der Waals surface area contributed by atoms with Gasteiger partial charge in [-0.3, -0.25) is 4.79 Å². The molecule has 0 saturated carbocycles. The Bertz CT molecular complexity index is 492. The number of carbonyl (C=O) groups is 3. The van der Waals surface area contributed by atoms with Gasteiger partial charge in [0, 0.05) is 12.0 Å². The molecular weight excluding hydrogens is 264 g/mol. The summed E-state index contributed by atoms with van der Waals surface area (Å²) in [6.07, 6.45) is 3.16. The zero-order valence-electron chi connectivity index (χ0n) is 11.5. The molecule has 0 radical (unpaired) electrons. The van der Waals surface area contributed by atoms with Crippen LogP contribution in [0.1, 0.15) is 33.1 Å². The summed E-state index contributed by atoms with van der Waals surface area (Å²) in [5.74, 6) is -3.68. The minimum atomic E-state index is -2.11. The number of hydrogen-bond acceptors (Lipinski definition) is 4. The Balaban J connectivity index is 3.44. The van der Waals surface area contributed by atoms with E-state index in [1.54, 1.807) is 13.0 Å². The highest BCUT2D eigenvalue weighted by molar-refractivity contribution is 5.95. The second-order valence-corrected chi connectivity index (χ2v) is 4.87. The fourth-order valence-electron chi connectivity index (χ4n) is 2.46. The average Bonchev–Trinajstić information content (AvgIpc) is 2.38. The molecule has 0 aromatic carbocycles. The van der Waals surface area contributed by atoms with Crippen molar-refractivity contribution in [3.8, 4) is 0 Å². The Labute approximate surface area is 116 Å². The van der Waals surface area contributed by atoms with Gasteiger partial charge < -0.3 is 14.9 Å². The maximum absolute atomic E-state index is 11.7. The standard InChI is InChI=1S/C14H18O6/c1-4-13(11(16)17)7-5-6-8-14(13,12(18)19)20-10(15)9(2)3/h5,7H,2,4,6,8H2,1,3H3,(H,16,17)(H,18,19). The van der Waals surface area contributed by atoms with Crippen LogP contribution in [-0.4, -0.2) is 33.7 Å². The molecule has 2 unspecified atom stereocenters. The molecule has 1 aliphatic rings. The number of esters is 1. The van der Waals surface area contributed by atoms with E-state index in [9.17, 15) is 24.6 Å². The van der Waals surface area contributed by atoms with Gasteiger partial charge in [0.25, 0.3) is 0 Å². The van der Waals surface area contributed by atoms with Crippen LogP contribution in [0.3, 0.4) is 0 Å². The fourth-order valence-corrected chi connectivity index (χ4v) is 2.46. The predicted octanol–water partition coefficient (Wildman–Crippen LogP) is 1.76. The van der Waals surface area contributed by atoms with E-state index < -0.39 is 28.9 Å². The van der Waals surface area contributed by atoms with Gasteiger partial charge in [0.2, 0.25) is 5.60 Å². The normalized spacial score (nSPS) is 28.7. The summed E-state index contributed by atoms with van der Waals surface area (Å²) in [5.41, 5.74) is -3.86. The van der Waals surface area contributed by atoms with Crippen LogP contribution in [-0.2, 0) is 19.1 Å². The zero-order valence-corrected chi connectivity index (χ0v) is 11.5. The number of carboxylic acid groups (broad SMARTS) is 2. The lowest BCUT2D eigenvalue weighted by molar-refractivity contribution is -0.199. The number of rotatable bonds is 5. The van der Waals surface area contributed by atoms with Gasteiger partial charge in [-0.1, -0.05) is 25.7 Å². The quantitative estimate of drug-likeness (QED) is 0.452. The number of hydrogen-bond donors (Lipinski definition) is 2. The third kappa shape index (κ3) is 2.21. The van der Waals surface area contributed by atoms with Crippen molar-refractivity contribution in [2.45, 2.75) is 38.7 Å². The highest BCUT2D eigenvalue weighted by atomic mass is 16.6. The van der Waals surface area contributed by atoms with E-state index in [1.165, 1.54) is 13.0 Å². The van der Waals surface area contributed by atoms with Gasteiger partial charge in [-0.15, -0.1) is 0 Å². The van der Waals surface area contributed by atoms with Gasteiger partial charge in [0.1, 0.15) is 5.41 Å². The molecule has 2 N–H and O–H groups in total. The van der Waals surface area contributed by atoms with Gasteiger partial charge in [0.05, 0.1) is 0 Å². The SMILES string of the molecule is C=C(C)C(=O)OC1(C(=O)O)CCC=CC1(CC)C(=O)O. The molecule has 0 bridgehead atoms. The van der Waals surface area contributed by atoms with Crippen LogP contribution in [0.15, 0.2) is 24.3 Å². The molecule has 0 heterocycles. The van der Waals surface area contributed by atoms with Crippen LogP contribution < -0.4 is 0 Å². The van der Waals surface area contributed by atoms with Crippen molar-refractivity contribution in [2.75, 3.05) is 0 Å². The molecule has 1 rings (SSSR count). The Hall–Kier alpha value is -2.11. The largest absolute Gasteiger partial charge is 0.480 e. The summed E-state index contributed by atoms with van der Waals surface area (Å²) in [6, 6.07) is 0. The Morgan fingerprint density at radius 1 is 1.30 bits per heavy atom. The second kappa shape index (κ2) is 5.48. The zero-order chi connectivity index (χ0) is 15.6. The van der Waals surface area contributed by atoms with Crippen LogP contribution >= 0.6 is 0 Å². The van der Waals surface area contributed by atoms with E-state index in [0.29, 0.717) is 6.42 Å². The molecule has 1 aliphatic carbocycles. The molecule has 110 valence electrons. The van der Waals surface area contributed by atoms with E-state index in [-0.39, 0.29) is 18.4 Å². The Morgan fingerprint density at radius 3 is 2.30 bits per heavy atom. The highest BCUT2D eigenvalue weighted by Gasteiger charge is 2.63. The first-order valence-electron chi connectivity index (χ1n) is 6.27. The average molecular weight is 282 g/mol. The highest BCUT2D eigenvalue weighted by Crippen LogP contribution is 2.46. The van der Waals surface area contributed by atoms with Gasteiger partial charge in [-0.25, -0.2) is 9.59 Å². The van der Waals surface area contributed by atoms with Crippen molar-refractivity contribution in [1.29, 1.82) is 0 Å². The molecule has 20 heavy (non-hydrogen) atoms. The monoisotopic (exact) mass is 282 g/mol. The van der Waals surface area contributed by atoms with Crippen LogP contribution in [0.5, 0.6) is 0 Å². The molecule has 0 amide bonds. The van der Waals surface area contributed by atoms with Crippen LogP contribution in [0.25, 0.3) is 0 Å². The molecule has 6 heteroatoms. The molecule has 2 atom stereocenters. The maximum Gasteiger partial charge on any atom is 0.349 e. The molecule has 0 aromatic rings. The van der Waals surface area contributed by atoms with Crippen molar-refractivity contribution < 1.29 is 29.3 Å². The van der Waals surface area contributed by atoms with Gasteiger partial charge in [-0.05, 0) is 19.8 Å². The summed E-state index contributed by atoms with van der Waals surface area (Å²) in [4.78, 5) is 35.1. The van der Waals surface area contributed by atoms with E-state index >= 15 is 0 Å². The number of allylic oxidation sites excluding steroid dienone is 1. The van der Waals surface area contributed by atoms with Crippen molar-refractivity contribution in [3.63, 3.8) is 0 Å². The van der Waals surface area contributed by atoms with E-state index in [0.717, 1.165) is 0 Å². The lowest BCUT2D eigenvalue weighted by atomic mass is 9.64. The first kappa shape index (κ1) is 15.9. The van der Waals surface area contributed by atoms with Gasteiger partial charge >= 0.3 is 17.9 Å². The third-order valence-corrected chi connectivity index (χ3v) is 3.69. The molecule has 0 fully saturated rings. The first-order chi connectivity index (χ1) is 9.23. The number of ether oxygens (including phenoxy) is 1. The fraction of sp³-hybridized carbons (Fsp3) is 0.500. The topological polar surface area (TPSA) is 101 Å². The summed E-state index contributed by atoms with van der Waals surface area (Å²) >= 11 is 0. The molecular formula is C14H18O6. The number of carboxylic acids is 2. The summed E-state index contributed by atoms with van der Waals surface area (Å²) in [5, 5.41) is 19.0. The Morgan fingerprint density at radius 2 is 1.90 bits per heavy atom. The van der Waals surface area contributed by atoms with Crippen molar-refractivity contribution in [2.24, 2.45) is 5.41 Å². The number of carbonyl (C=O) groups excluding carboxylic acids is 1. The molecule has 0 aromatic heterocycles. The summed E-state index contributed by atoms with van der Waals surface area (Å²) in [6.45, 7) is 6.33. The lowest BCUT2D eigenvalue weighted by Gasteiger charge is -2.43. The Kier molecular flexibility index (Phi) is 4.37. The molecule has 0 saturated heterocycles. The van der Waals surface area contributed by atoms with Gasteiger partial charge in [0.15, 0.2) is 0 Å². The lowest BCUT2D eigenvalue weighted by Crippen LogP contribution is -2.60. The molecule has 6 nitrogen and oxygen atoms in total. The molecule has 0 aliphatic heterocycles. The predicted molar refractivity (Wildman–Crippen MR) is 70.0 cm³/mol. The minimum Gasteiger partial charge on any atom is -0.480 e. The first-order valence-corrected chi connectivity index (χ1v) is 6.27. The molecule has 0 spiro atoms. The summed E-state index contributed by atoms with van der Waals surface area (Å²) in [7, 11) is 0. The van der Waals surface area contributed by atoms with E-state index in [2.05, 4.69) is 6.58 Å². The smallest absolute Gasteiger partial charge is 0.349 e. The minimum absolute atomic E-state index is 0.00535. The van der Waals surface area contributed by atoms with Crippen LogP contribution in [0.4, 0.5) is 0 Å². The van der Waals surface area contributed by atoms with Crippen molar-refractivity contribution in [1.82, 2.24) is 0 Å². The third-order valence-electron chi connectivity index (χ3n) is 3.69. The number of aliphatic carboxylic acids is 2. The van der Waals surface area contributed by atoms with Crippen molar-refractivity contribution in [3.05, 3.63) is 24.3 Å².